The van der Waals surface area contributed by atoms with Crippen molar-refractivity contribution in [3.63, 3.8) is 0 Å². The summed E-state index contributed by atoms with van der Waals surface area (Å²) in [6.45, 7) is 5.29. The van der Waals surface area contributed by atoms with E-state index in [4.69, 9.17) is 9.47 Å². The van der Waals surface area contributed by atoms with Gasteiger partial charge in [-0.25, -0.2) is 0 Å². The molecule has 2 aliphatic carbocycles. The molecule has 0 aromatic heterocycles. The average molecular weight is 314 g/mol. The van der Waals surface area contributed by atoms with Crippen LogP contribution in [0.1, 0.15) is 40.0 Å². The highest BCUT2D eigenvalue weighted by Crippen LogP contribution is 2.53. The van der Waals surface area contributed by atoms with Gasteiger partial charge in [-0.3, -0.25) is 9.59 Å². The van der Waals surface area contributed by atoms with Crippen molar-refractivity contribution in [1.29, 1.82) is 0 Å². The van der Waals surface area contributed by atoms with Gasteiger partial charge >= 0.3 is 11.9 Å². The van der Waals surface area contributed by atoms with Gasteiger partial charge in [0, 0.05) is 5.92 Å². The Morgan fingerprint density at radius 2 is 1.68 bits per heavy atom. The van der Waals surface area contributed by atoms with Gasteiger partial charge in [0.1, 0.15) is 13.2 Å². The Bertz CT molecular complexity index is 425. The normalized spacial score (nSPS) is 30.6. The van der Waals surface area contributed by atoms with E-state index in [-0.39, 0.29) is 31.0 Å². The quantitative estimate of drug-likeness (QED) is 0.448. The molecule has 0 aromatic carbocycles. The number of aliphatic hydroxyl groups excluding tert-OH is 1. The van der Waals surface area contributed by atoms with Gasteiger partial charge in [-0.15, -0.1) is 0 Å². The van der Waals surface area contributed by atoms with Gasteiger partial charge in [0.25, 0.3) is 0 Å². The number of fused-ring (bicyclic) bond motifs is 2. The minimum atomic E-state index is -1.48. The number of carbonyl (C=O) groups is 2. The first kappa shape index (κ1) is 17.2. The monoisotopic (exact) mass is 314 g/mol. The molecule has 2 N–H and O–H groups in total. The minimum Gasteiger partial charge on any atom is -0.462 e. The zero-order valence-electron chi connectivity index (χ0n) is 13.4. The molecule has 6 heteroatoms. The first-order valence-corrected chi connectivity index (χ1v) is 7.92. The van der Waals surface area contributed by atoms with E-state index >= 15 is 0 Å². The van der Waals surface area contributed by atoms with Crippen LogP contribution >= 0.6 is 0 Å². The van der Waals surface area contributed by atoms with E-state index in [0.717, 1.165) is 19.3 Å². The Kier molecular flexibility index (Phi) is 5.12. The van der Waals surface area contributed by atoms with Gasteiger partial charge in [0.2, 0.25) is 0 Å². The van der Waals surface area contributed by atoms with Crippen molar-refractivity contribution in [1.82, 2.24) is 0 Å². The summed E-state index contributed by atoms with van der Waals surface area (Å²) in [6.07, 6.45) is 1.26. The predicted octanol–water partition coefficient (Wildman–Crippen LogP) is 1.09. The lowest BCUT2D eigenvalue weighted by Gasteiger charge is -2.30. The zero-order valence-corrected chi connectivity index (χ0v) is 13.4. The molecule has 0 radical (unpaired) electrons. The fraction of sp³-hybridized carbons (Fsp3) is 0.875. The van der Waals surface area contributed by atoms with Crippen LogP contribution in [-0.2, 0) is 19.1 Å². The molecule has 2 saturated carbocycles. The first-order valence-electron chi connectivity index (χ1n) is 7.92. The Morgan fingerprint density at radius 3 is 2.27 bits per heavy atom. The second-order valence-corrected chi connectivity index (χ2v) is 7.40. The number of hydrogen-bond acceptors (Lipinski definition) is 6. The molecule has 4 unspecified atom stereocenters. The molecule has 0 aliphatic heterocycles. The van der Waals surface area contributed by atoms with Gasteiger partial charge in [-0.2, -0.15) is 0 Å². The first-order chi connectivity index (χ1) is 10.2. The highest BCUT2D eigenvalue weighted by molar-refractivity contribution is 5.75. The molecule has 126 valence electrons. The smallest absolute Gasteiger partial charge is 0.311 e. The Hall–Kier alpha value is -1.14. The molecule has 2 aliphatic rings. The summed E-state index contributed by atoms with van der Waals surface area (Å²) in [7, 11) is 0. The summed E-state index contributed by atoms with van der Waals surface area (Å²) in [4.78, 5) is 23.8. The molecule has 0 heterocycles. The Labute approximate surface area is 130 Å². The number of carbonyl (C=O) groups excluding carboxylic acids is 2. The fourth-order valence-electron chi connectivity index (χ4n) is 3.70. The van der Waals surface area contributed by atoms with Crippen molar-refractivity contribution in [2.75, 3.05) is 13.2 Å². The molecule has 2 fully saturated rings. The maximum absolute atomic E-state index is 12.2. The van der Waals surface area contributed by atoms with E-state index < -0.39 is 29.5 Å². The molecule has 22 heavy (non-hydrogen) atoms. The number of aliphatic hydroxyl groups is 2. The number of ether oxygens (including phenoxy) is 2. The predicted molar refractivity (Wildman–Crippen MR) is 77.4 cm³/mol. The van der Waals surface area contributed by atoms with Gasteiger partial charge < -0.3 is 19.7 Å². The molecule has 0 amide bonds. The summed E-state index contributed by atoms with van der Waals surface area (Å²) in [5.41, 5.74) is -0.583. The summed E-state index contributed by atoms with van der Waals surface area (Å²) < 4.78 is 10.2. The van der Waals surface area contributed by atoms with Gasteiger partial charge in [-0.05, 0) is 51.9 Å². The molecule has 2 bridgehead atoms. The highest BCUT2D eigenvalue weighted by atomic mass is 16.6. The lowest BCUT2D eigenvalue weighted by atomic mass is 9.79. The third-order valence-corrected chi connectivity index (χ3v) is 4.77. The summed E-state index contributed by atoms with van der Waals surface area (Å²) in [6, 6.07) is 0. The molecule has 6 nitrogen and oxygen atoms in total. The van der Waals surface area contributed by atoms with Crippen LogP contribution in [0, 0.1) is 29.1 Å². The van der Waals surface area contributed by atoms with E-state index in [1.165, 1.54) is 0 Å². The second kappa shape index (κ2) is 6.54. The fourth-order valence-corrected chi connectivity index (χ4v) is 3.70. The third kappa shape index (κ3) is 3.60. The van der Waals surface area contributed by atoms with Crippen molar-refractivity contribution >= 4 is 11.9 Å². The maximum atomic E-state index is 12.2. The number of rotatable bonds is 5. The maximum Gasteiger partial charge on any atom is 0.311 e. The summed E-state index contributed by atoms with van der Waals surface area (Å²) >= 11 is 0. The standard InChI is InChI=1S/C16H26O6/c1-16(2,3)15(20)22-7-6-21-14(19)12-10-5-4-9(8-10)11(12)13(17)18/h9-13,17-18H,4-8H2,1-3H3. The van der Waals surface area contributed by atoms with Crippen LogP contribution in [0.4, 0.5) is 0 Å². The van der Waals surface area contributed by atoms with Gasteiger partial charge in [0.05, 0.1) is 11.3 Å². The topological polar surface area (TPSA) is 93.1 Å². The second-order valence-electron chi connectivity index (χ2n) is 7.40. The molecule has 0 spiro atoms. The van der Waals surface area contributed by atoms with Crippen LogP contribution in [0.3, 0.4) is 0 Å². The Balaban J connectivity index is 1.79. The highest BCUT2D eigenvalue weighted by Gasteiger charge is 2.53. The molecule has 2 rings (SSSR count). The van der Waals surface area contributed by atoms with Gasteiger partial charge in [-0.1, -0.05) is 0 Å². The van der Waals surface area contributed by atoms with Crippen molar-refractivity contribution in [3.05, 3.63) is 0 Å². The molecular weight excluding hydrogens is 288 g/mol. The number of esters is 2. The number of hydrogen-bond donors (Lipinski definition) is 2. The van der Waals surface area contributed by atoms with E-state index in [1.807, 2.05) is 0 Å². The van der Waals surface area contributed by atoms with E-state index in [2.05, 4.69) is 0 Å². The Morgan fingerprint density at radius 1 is 1.09 bits per heavy atom. The molecule has 4 atom stereocenters. The summed E-state index contributed by atoms with van der Waals surface area (Å²) in [5.74, 6) is -1.24. The van der Waals surface area contributed by atoms with Crippen molar-refractivity contribution in [2.24, 2.45) is 29.1 Å². The molecule has 0 aromatic rings. The van der Waals surface area contributed by atoms with Crippen LogP contribution < -0.4 is 0 Å². The molecule has 0 saturated heterocycles. The third-order valence-electron chi connectivity index (χ3n) is 4.77. The van der Waals surface area contributed by atoms with Crippen LogP contribution in [0.2, 0.25) is 0 Å². The van der Waals surface area contributed by atoms with Crippen LogP contribution in [-0.4, -0.2) is 41.7 Å². The minimum absolute atomic E-state index is 0.00276. The van der Waals surface area contributed by atoms with Gasteiger partial charge in [0.15, 0.2) is 6.29 Å². The SMILES string of the molecule is CC(C)(C)C(=O)OCCOC(=O)C1C2CCC(C2)C1C(O)O. The van der Waals surface area contributed by atoms with Crippen molar-refractivity contribution < 1.29 is 29.3 Å². The van der Waals surface area contributed by atoms with Crippen LogP contribution in [0.15, 0.2) is 0 Å². The summed E-state index contributed by atoms with van der Waals surface area (Å²) in [5, 5.41) is 19.0. The van der Waals surface area contributed by atoms with E-state index in [9.17, 15) is 19.8 Å². The largest absolute Gasteiger partial charge is 0.462 e. The lowest BCUT2D eigenvalue weighted by molar-refractivity contribution is -0.169. The van der Waals surface area contributed by atoms with Crippen LogP contribution in [0.5, 0.6) is 0 Å². The average Bonchev–Trinajstić information content (AvgIpc) is 3.02. The lowest BCUT2D eigenvalue weighted by Crippen LogP contribution is -2.38. The van der Waals surface area contributed by atoms with E-state index in [0.29, 0.717) is 0 Å². The van der Waals surface area contributed by atoms with Crippen LogP contribution in [0.25, 0.3) is 0 Å². The van der Waals surface area contributed by atoms with E-state index in [1.54, 1.807) is 20.8 Å². The van der Waals surface area contributed by atoms with Crippen molar-refractivity contribution in [2.45, 2.75) is 46.3 Å². The van der Waals surface area contributed by atoms with Crippen molar-refractivity contribution in [3.8, 4) is 0 Å². The molecular formula is C16H26O6. The zero-order chi connectivity index (χ0) is 16.5.